The van der Waals surface area contributed by atoms with Crippen molar-refractivity contribution < 1.29 is 23.5 Å². The average molecular weight is 349 g/mol. The first-order valence-electron chi connectivity index (χ1n) is 8.46. The minimum absolute atomic E-state index is 0.0766. The Bertz CT molecular complexity index is 637. The third-order valence-corrected chi connectivity index (χ3v) is 5.09. The molecule has 0 spiro atoms. The molecule has 136 valence electrons. The van der Waals surface area contributed by atoms with Crippen LogP contribution in [0.1, 0.15) is 25.0 Å². The molecule has 0 unspecified atom stereocenters. The van der Waals surface area contributed by atoms with Crippen molar-refractivity contribution >= 4 is 17.7 Å². The van der Waals surface area contributed by atoms with E-state index in [2.05, 4.69) is 5.32 Å². The van der Waals surface area contributed by atoms with Crippen LogP contribution in [0.4, 0.5) is 0 Å². The summed E-state index contributed by atoms with van der Waals surface area (Å²) in [6.07, 6.45) is 2.71. The van der Waals surface area contributed by atoms with Crippen molar-refractivity contribution in [2.24, 2.45) is 17.1 Å². The number of carbonyl (C=O) groups excluding carboxylic acids is 3. The second-order valence-electron chi connectivity index (χ2n) is 6.73. The molecule has 3 heterocycles. The lowest BCUT2D eigenvalue weighted by Gasteiger charge is -2.34. The highest BCUT2D eigenvalue weighted by atomic mass is 16.5. The van der Waals surface area contributed by atoms with Gasteiger partial charge in [-0.25, -0.2) is 0 Å². The van der Waals surface area contributed by atoms with Crippen LogP contribution in [-0.4, -0.2) is 48.9 Å². The fourth-order valence-electron chi connectivity index (χ4n) is 3.36. The van der Waals surface area contributed by atoms with Crippen molar-refractivity contribution in [1.82, 2.24) is 10.2 Å². The lowest BCUT2D eigenvalue weighted by molar-refractivity contribution is -0.135. The highest BCUT2D eigenvalue weighted by Crippen LogP contribution is 2.30. The highest BCUT2D eigenvalue weighted by Gasteiger charge is 2.40. The molecule has 2 fully saturated rings. The Morgan fingerprint density at radius 2 is 2.12 bits per heavy atom. The fraction of sp³-hybridized carbons (Fsp3) is 0.588. The van der Waals surface area contributed by atoms with Gasteiger partial charge in [0, 0.05) is 32.7 Å². The molecular formula is C17H23N3O5. The number of nitrogens with zero attached hydrogens (tertiary/aromatic N) is 1. The quantitative estimate of drug-likeness (QED) is 0.752. The van der Waals surface area contributed by atoms with E-state index < -0.39 is 17.2 Å². The van der Waals surface area contributed by atoms with Gasteiger partial charge in [-0.2, -0.15) is 0 Å². The van der Waals surface area contributed by atoms with E-state index in [1.54, 1.807) is 23.3 Å². The predicted molar refractivity (Wildman–Crippen MR) is 86.9 cm³/mol. The van der Waals surface area contributed by atoms with E-state index in [1.807, 2.05) is 0 Å². The zero-order valence-corrected chi connectivity index (χ0v) is 14.0. The zero-order chi connectivity index (χ0) is 17.9. The lowest BCUT2D eigenvalue weighted by Crippen LogP contribution is -2.50. The Kier molecular flexibility index (Phi) is 5.08. The summed E-state index contributed by atoms with van der Waals surface area (Å²) >= 11 is 0. The lowest BCUT2D eigenvalue weighted by atomic mass is 9.79. The number of amides is 3. The van der Waals surface area contributed by atoms with Crippen LogP contribution in [0.15, 0.2) is 22.8 Å². The maximum atomic E-state index is 12.4. The van der Waals surface area contributed by atoms with Crippen LogP contribution >= 0.6 is 0 Å². The first-order chi connectivity index (χ1) is 12.0. The van der Waals surface area contributed by atoms with Gasteiger partial charge in [-0.15, -0.1) is 0 Å². The number of nitrogens with one attached hydrogen (secondary N) is 1. The van der Waals surface area contributed by atoms with Gasteiger partial charge in [0.15, 0.2) is 0 Å². The molecule has 0 aliphatic carbocycles. The van der Waals surface area contributed by atoms with Crippen molar-refractivity contribution in [2.75, 3.05) is 26.3 Å². The molecule has 2 aliphatic rings. The van der Waals surface area contributed by atoms with Crippen molar-refractivity contribution in [1.29, 1.82) is 0 Å². The molecule has 0 radical (unpaired) electrons. The van der Waals surface area contributed by atoms with Crippen LogP contribution in [0, 0.1) is 11.3 Å². The maximum Gasteiger partial charge on any atom is 0.225 e. The van der Waals surface area contributed by atoms with E-state index in [0.717, 1.165) is 0 Å². The van der Waals surface area contributed by atoms with Crippen LogP contribution in [0.5, 0.6) is 0 Å². The molecule has 3 amide bonds. The number of ether oxygens (including phenoxy) is 1. The number of carbonyl (C=O) groups is 3. The molecule has 1 aromatic heterocycles. The summed E-state index contributed by atoms with van der Waals surface area (Å²) in [6.45, 7) is 1.80. The van der Waals surface area contributed by atoms with Gasteiger partial charge < -0.3 is 25.1 Å². The number of furan rings is 1. The molecule has 2 aliphatic heterocycles. The Balaban J connectivity index is 1.54. The Hall–Kier alpha value is -2.35. The van der Waals surface area contributed by atoms with Gasteiger partial charge in [0.25, 0.3) is 0 Å². The third kappa shape index (κ3) is 3.84. The minimum atomic E-state index is -0.760. The summed E-state index contributed by atoms with van der Waals surface area (Å²) in [6, 6.07) is 3.56. The van der Waals surface area contributed by atoms with Crippen LogP contribution in [-0.2, 0) is 25.7 Å². The average Bonchev–Trinajstić information content (AvgIpc) is 3.24. The second kappa shape index (κ2) is 7.26. The minimum Gasteiger partial charge on any atom is -0.467 e. The second-order valence-corrected chi connectivity index (χ2v) is 6.73. The molecular weight excluding hydrogens is 326 g/mol. The number of nitrogens with two attached hydrogens (primary N) is 1. The van der Waals surface area contributed by atoms with E-state index in [1.165, 1.54) is 0 Å². The molecule has 2 saturated heterocycles. The normalized spacial score (nSPS) is 22.8. The topological polar surface area (TPSA) is 115 Å². The van der Waals surface area contributed by atoms with Crippen LogP contribution in [0.25, 0.3) is 0 Å². The van der Waals surface area contributed by atoms with E-state index in [4.69, 9.17) is 14.9 Å². The third-order valence-electron chi connectivity index (χ3n) is 5.09. The van der Waals surface area contributed by atoms with Gasteiger partial charge in [0.1, 0.15) is 5.76 Å². The maximum absolute atomic E-state index is 12.4. The number of likely N-dealkylation sites (tertiary alicyclic amines) is 1. The van der Waals surface area contributed by atoms with Gasteiger partial charge in [-0.1, -0.05) is 0 Å². The Morgan fingerprint density at radius 3 is 2.76 bits per heavy atom. The van der Waals surface area contributed by atoms with Crippen LogP contribution in [0.2, 0.25) is 0 Å². The number of hydrogen-bond acceptors (Lipinski definition) is 5. The van der Waals surface area contributed by atoms with Gasteiger partial charge in [0.2, 0.25) is 17.7 Å². The Labute approximate surface area is 145 Å². The van der Waals surface area contributed by atoms with Gasteiger partial charge in [-0.3, -0.25) is 14.4 Å². The van der Waals surface area contributed by atoms with Gasteiger partial charge >= 0.3 is 0 Å². The molecule has 8 nitrogen and oxygen atoms in total. The molecule has 0 aromatic carbocycles. The number of hydrogen-bond donors (Lipinski definition) is 2. The van der Waals surface area contributed by atoms with Crippen LogP contribution < -0.4 is 11.1 Å². The molecule has 8 heteroatoms. The molecule has 0 bridgehead atoms. The Morgan fingerprint density at radius 1 is 1.36 bits per heavy atom. The van der Waals surface area contributed by atoms with Crippen molar-refractivity contribution in [3.05, 3.63) is 24.2 Å². The zero-order valence-electron chi connectivity index (χ0n) is 14.0. The predicted octanol–water partition coefficient (Wildman–Crippen LogP) is 0.0264. The number of primary amides is 1. The van der Waals surface area contributed by atoms with Crippen LogP contribution in [0.3, 0.4) is 0 Å². The molecule has 3 N–H and O–H groups in total. The van der Waals surface area contributed by atoms with E-state index in [-0.39, 0.29) is 24.8 Å². The number of rotatable bonds is 6. The largest absolute Gasteiger partial charge is 0.467 e. The van der Waals surface area contributed by atoms with Crippen molar-refractivity contribution in [3.8, 4) is 0 Å². The summed E-state index contributed by atoms with van der Waals surface area (Å²) in [7, 11) is 0. The first-order valence-corrected chi connectivity index (χ1v) is 8.46. The summed E-state index contributed by atoms with van der Waals surface area (Å²) in [4.78, 5) is 38.0. The van der Waals surface area contributed by atoms with Gasteiger partial charge in [0.05, 0.1) is 24.1 Å². The summed E-state index contributed by atoms with van der Waals surface area (Å²) in [5, 5.41) is 2.82. The smallest absolute Gasteiger partial charge is 0.225 e. The summed E-state index contributed by atoms with van der Waals surface area (Å²) < 4.78 is 10.5. The van der Waals surface area contributed by atoms with Crippen molar-refractivity contribution in [2.45, 2.75) is 25.8 Å². The highest BCUT2D eigenvalue weighted by molar-refractivity contribution is 5.89. The standard InChI is InChI=1S/C17H23N3O5/c18-16(23)17(3-6-24-7-4-17)11-19-15(22)12-8-14(21)20(9-12)10-13-2-1-5-25-13/h1-2,5,12H,3-4,6-11H2,(H2,18,23)(H,19,22)/t12-/m0/s1. The molecule has 3 rings (SSSR count). The van der Waals surface area contributed by atoms with Gasteiger partial charge in [-0.05, 0) is 25.0 Å². The van der Waals surface area contributed by atoms with E-state index in [0.29, 0.717) is 44.9 Å². The fourth-order valence-corrected chi connectivity index (χ4v) is 3.36. The van der Waals surface area contributed by atoms with E-state index in [9.17, 15) is 14.4 Å². The van der Waals surface area contributed by atoms with Crippen molar-refractivity contribution in [3.63, 3.8) is 0 Å². The monoisotopic (exact) mass is 349 g/mol. The molecule has 1 atom stereocenters. The first kappa shape index (κ1) is 17.5. The summed E-state index contributed by atoms with van der Waals surface area (Å²) in [5.74, 6) is -0.454. The molecule has 0 saturated carbocycles. The molecule has 1 aromatic rings. The SMILES string of the molecule is NC(=O)C1(CNC(=O)[C@H]2CC(=O)N(Cc3ccco3)C2)CCOCC1. The van der Waals surface area contributed by atoms with E-state index >= 15 is 0 Å². The summed E-state index contributed by atoms with van der Waals surface area (Å²) in [5.41, 5.74) is 4.78. The molecule has 25 heavy (non-hydrogen) atoms.